The average Bonchev–Trinajstić information content (AvgIpc) is 2.53. The monoisotopic (exact) mass is 341 g/mol. The zero-order valence-corrected chi connectivity index (χ0v) is 14.5. The highest BCUT2D eigenvalue weighted by atomic mass is 35.5. The summed E-state index contributed by atoms with van der Waals surface area (Å²) >= 11 is 0. The number of piperidine rings is 1. The van der Waals surface area contributed by atoms with Crippen LogP contribution in [0.2, 0.25) is 0 Å². The van der Waals surface area contributed by atoms with Crippen molar-refractivity contribution < 1.29 is 4.39 Å². The van der Waals surface area contributed by atoms with Crippen LogP contribution in [-0.2, 0) is 6.54 Å². The summed E-state index contributed by atoms with van der Waals surface area (Å²) < 4.78 is 12.9. The molecule has 0 aliphatic carbocycles. The van der Waals surface area contributed by atoms with Crippen LogP contribution in [0.1, 0.15) is 24.8 Å². The smallest absolute Gasteiger partial charge is 0.223 e. The first kappa shape index (κ1) is 19.2. The molecule has 0 unspecified atom stereocenters. The molecule has 23 heavy (non-hydrogen) atoms. The number of likely N-dealkylation sites (tertiary alicyclic amines) is 1. The molecule has 7 heteroatoms. The van der Waals surface area contributed by atoms with Gasteiger partial charge in [0.25, 0.3) is 0 Å². The van der Waals surface area contributed by atoms with Gasteiger partial charge < -0.3 is 15.5 Å². The molecule has 1 aliphatic rings. The third kappa shape index (κ3) is 6.06. The van der Waals surface area contributed by atoms with Gasteiger partial charge in [0.05, 0.1) is 6.54 Å². The molecule has 2 rings (SSSR count). The molecule has 0 atom stereocenters. The quantitative estimate of drug-likeness (QED) is 0.664. The lowest BCUT2D eigenvalue weighted by atomic mass is 10.1. The first-order valence-corrected chi connectivity index (χ1v) is 7.61. The molecule has 1 heterocycles. The fraction of sp³-hybridized carbons (Fsp3) is 0.500. The predicted molar refractivity (Wildman–Crippen MR) is 95.5 cm³/mol. The first-order valence-electron chi connectivity index (χ1n) is 7.61. The van der Waals surface area contributed by atoms with E-state index in [4.69, 9.17) is 5.73 Å². The fourth-order valence-corrected chi connectivity index (χ4v) is 2.32. The number of guanidine groups is 2. The van der Waals surface area contributed by atoms with Gasteiger partial charge in [-0.05, 0) is 37.0 Å². The van der Waals surface area contributed by atoms with Crippen molar-refractivity contribution in [1.29, 1.82) is 0 Å². The number of aliphatic imine (C=N–C) groups is 2. The molecule has 0 saturated carbocycles. The van der Waals surface area contributed by atoms with E-state index in [1.54, 1.807) is 12.1 Å². The topological polar surface area (TPSA) is 57.2 Å². The van der Waals surface area contributed by atoms with E-state index < -0.39 is 0 Å². The zero-order valence-electron chi connectivity index (χ0n) is 13.7. The second-order valence-corrected chi connectivity index (χ2v) is 5.65. The second kappa shape index (κ2) is 9.35. The molecule has 1 aromatic rings. The Balaban J connectivity index is 0.00000264. The van der Waals surface area contributed by atoms with Crippen molar-refractivity contribution in [3.05, 3.63) is 35.6 Å². The van der Waals surface area contributed by atoms with Gasteiger partial charge in [0.15, 0.2) is 5.96 Å². The van der Waals surface area contributed by atoms with E-state index in [2.05, 4.69) is 14.9 Å². The molecule has 1 fully saturated rings. The van der Waals surface area contributed by atoms with Crippen LogP contribution in [0.4, 0.5) is 4.39 Å². The molecular formula is C16H25ClFN5. The molecule has 5 nitrogen and oxygen atoms in total. The van der Waals surface area contributed by atoms with Crippen LogP contribution >= 0.6 is 12.4 Å². The standard InChI is InChI=1S/C16H24FN5.ClH/c1-21(2)16(19-12-13-6-8-14(17)9-7-13)20-15(18)22-10-4-3-5-11-22;/h6-9H,3-5,10-12H2,1-2H3,(H2,18,19,20);1H. The van der Waals surface area contributed by atoms with Crippen molar-refractivity contribution in [3.8, 4) is 0 Å². The number of rotatable bonds is 2. The van der Waals surface area contributed by atoms with E-state index in [9.17, 15) is 4.39 Å². The Labute approximate surface area is 143 Å². The summed E-state index contributed by atoms with van der Waals surface area (Å²) in [4.78, 5) is 12.9. The number of benzene rings is 1. The second-order valence-electron chi connectivity index (χ2n) is 5.65. The van der Waals surface area contributed by atoms with E-state index in [0.717, 1.165) is 31.5 Å². The van der Waals surface area contributed by atoms with E-state index in [-0.39, 0.29) is 18.2 Å². The van der Waals surface area contributed by atoms with Crippen molar-refractivity contribution in [3.63, 3.8) is 0 Å². The van der Waals surface area contributed by atoms with Gasteiger partial charge in [0.2, 0.25) is 5.96 Å². The molecule has 128 valence electrons. The van der Waals surface area contributed by atoms with E-state index in [1.165, 1.54) is 18.6 Å². The Morgan fingerprint density at radius 3 is 2.35 bits per heavy atom. The molecule has 1 aromatic carbocycles. The minimum atomic E-state index is -0.243. The largest absolute Gasteiger partial charge is 0.369 e. The van der Waals surface area contributed by atoms with E-state index >= 15 is 0 Å². The van der Waals surface area contributed by atoms with Crippen molar-refractivity contribution >= 4 is 24.3 Å². The van der Waals surface area contributed by atoms with Crippen LogP contribution in [0.25, 0.3) is 0 Å². The molecule has 0 bridgehead atoms. The minimum absolute atomic E-state index is 0. The minimum Gasteiger partial charge on any atom is -0.369 e. The highest BCUT2D eigenvalue weighted by Gasteiger charge is 2.13. The summed E-state index contributed by atoms with van der Waals surface area (Å²) in [6.45, 7) is 2.35. The van der Waals surface area contributed by atoms with Crippen LogP contribution in [0.3, 0.4) is 0 Å². The van der Waals surface area contributed by atoms with Crippen LogP contribution in [0, 0.1) is 5.82 Å². The number of hydrogen-bond donors (Lipinski definition) is 1. The molecule has 2 N–H and O–H groups in total. The molecular weight excluding hydrogens is 317 g/mol. The van der Waals surface area contributed by atoms with Gasteiger partial charge in [-0.1, -0.05) is 12.1 Å². The molecule has 0 spiro atoms. The van der Waals surface area contributed by atoms with Gasteiger partial charge >= 0.3 is 0 Å². The number of hydrogen-bond acceptors (Lipinski definition) is 1. The fourth-order valence-electron chi connectivity index (χ4n) is 2.32. The van der Waals surface area contributed by atoms with Crippen molar-refractivity contribution in [2.75, 3.05) is 27.2 Å². The summed E-state index contributed by atoms with van der Waals surface area (Å²) in [7, 11) is 3.77. The zero-order chi connectivity index (χ0) is 15.9. The maximum absolute atomic E-state index is 12.9. The third-order valence-corrected chi connectivity index (χ3v) is 3.61. The predicted octanol–water partition coefficient (Wildman–Crippen LogP) is 2.47. The van der Waals surface area contributed by atoms with Crippen LogP contribution in [0.15, 0.2) is 34.3 Å². The number of nitrogens with zero attached hydrogens (tertiary/aromatic N) is 4. The van der Waals surface area contributed by atoms with Crippen LogP contribution < -0.4 is 5.73 Å². The third-order valence-electron chi connectivity index (χ3n) is 3.61. The lowest BCUT2D eigenvalue weighted by Crippen LogP contribution is -2.42. The highest BCUT2D eigenvalue weighted by molar-refractivity contribution is 5.94. The maximum Gasteiger partial charge on any atom is 0.223 e. The van der Waals surface area contributed by atoms with Crippen molar-refractivity contribution in [1.82, 2.24) is 9.80 Å². The first-order chi connectivity index (χ1) is 10.6. The highest BCUT2D eigenvalue weighted by Crippen LogP contribution is 2.09. The molecule has 0 radical (unpaired) electrons. The van der Waals surface area contributed by atoms with Crippen molar-refractivity contribution in [2.45, 2.75) is 25.8 Å². The van der Waals surface area contributed by atoms with E-state index in [0.29, 0.717) is 18.5 Å². The Bertz CT molecular complexity index is 536. The lowest BCUT2D eigenvalue weighted by molar-refractivity contribution is 0.339. The Morgan fingerprint density at radius 2 is 1.78 bits per heavy atom. The van der Waals surface area contributed by atoms with Crippen molar-refractivity contribution in [2.24, 2.45) is 15.7 Å². The van der Waals surface area contributed by atoms with Crippen LogP contribution in [-0.4, -0.2) is 48.9 Å². The van der Waals surface area contributed by atoms with E-state index in [1.807, 2.05) is 19.0 Å². The maximum atomic E-state index is 12.9. The number of nitrogens with two attached hydrogens (primary N) is 1. The van der Waals surface area contributed by atoms with Gasteiger partial charge in [0.1, 0.15) is 5.82 Å². The summed E-state index contributed by atoms with van der Waals surface area (Å²) in [6, 6.07) is 6.32. The molecule has 0 aromatic heterocycles. The van der Waals surface area contributed by atoms with Gasteiger partial charge in [-0.2, -0.15) is 4.99 Å². The number of halogens is 2. The van der Waals surface area contributed by atoms with Gasteiger partial charge in [0, 0.05) is 27.2 Å². The Kier molecular flexibility index (Phi) is 7.81. The Morgan fingerprint density at radius 1 is 1.17 bits per heavy atom. The summed E-state index contributed by atoms with van der Waals surface area (Å²) in [5, 5.41) is 0. The average molecular weight is 342 g/mol. The molecule has 1 aliphatic heterocycles. The van der Waals surface area contributed by atoms with Gasteiger partial charge in [-0.15, -0.1) is 12.4 Å². The Hall–Kier alpha value is -1.82. The summed E-state index contributed by atoms with van der Waals surface area (Å²) in [5.74, 6) is 0.853. The summed E-state index contributed by atoms with van der Waals surface area (Å²) in [6.07, 6.45) is 3.56. The SMILES string of the molecule is CN(C)C(=NCc1ccc(F)cc1)N=C(N)N1CCCCC1.Cl. The van der Waals surface area contributed by atoms with Gasteiger partial charge in [-0.25, -0.2) is 9.38 Å². The lowest BCUT2D eigenvalue weighted by Gasteiger charge is -2.27. The normalized spacial score (nSPS) is 16.0. The molecule has 1 saturated heterocycles. The molecule has 0 amide bonds. The van der Waals surface area contributed by atoms with Gasteiger partial charge in [-0.3, -0.25) is 0 Å². The summed E-state index contributed by atoms with van der Waals surface area (Å²) in [5.41, 5.74) is 7.03. The van der Waals surface area contributed by atoms with Crippen LogP contribution in [0.5, 0.6) is 0 Å².